The molecule has 0 aliphatic rings. The van der Waals surface area contributed by atoms with E-state index in [2.05, 4.69) is 10.3 Å². The standard InChI is InChI=1S/C21H15FN2O3S/c22-14-7-5-13(6-8-14)19(18-4-2-12-28-18)24-21(26)15-9-10-16(23-20(15)25)17-3-1-11-27-17/h1-12,19H,(H,23,25)(H,24,26). The van der Waals surface area contributed by atoms with E-state index in [0.29, 0.717) is 11.5 Å². The summed E-state index contributed by atoms with van der Waals surface area (Å²) in [7, 11) is 0. The number of thiophene rings is 1. The maximum absolute atomic E-state index is 13.3. The Kier molecular flexibility index (Phi) is 4.90. The molecular formula is C21H15FN2O3S. The second-order valence-corrected chi connectivity index (χ2v) is 7.04. The van der Waals surface area contributed by atoms with Crippen molar-refractivity contribution < 1.29 is 13.6 Å². The van der Waals surface area contributed by atoms with Crippen molar-refractivity contribution in [2.75, 3.05) is 0 Å². The lowest BCUT2D eigenvalue weighted by atomic mass is 10.0. The van der Waals surface area contributed by atoms with Crippen LogP contribution < -0.4 is 10.9 Å². The Balaban J connectivity index is 1.63. The van der Waals surface area contributed by atoms with Gasteiger partial charge in [-0.05, 0) is 53.4 Å². The first-order valence-corrected chi connectivity index (χ1v) is 9.37. The minimum Gasteiger partial charge on any atom is -0.463 e. The molecule has 140 valence electrons. The molecule has 7 heteroatoms. The first-order chi connectivity index (χ1) is 13.6. The minimum atomic E-state index is -0.519. The summed E-state index contributed by atoms with van der Waals surface area (Å²) in [5.41, 5.74) is 0.676. The molecule has 1 atom stereocenters. The molecule has 1 amide bonds. The van der Waals surface area contributed by atoms with E-state index in [9.17, 15) is 14.0 Å². The Hall–Kier alpha value is -3.45. The highest BCUT2D eigenvalue weighted by Gasteiger charge is 2.21. The fourth-order valence-corrected chi connectivity index (χ4v) is 3.67. The van der Waals surface area contributed by atoms with Gasteiger partial charge in [0.25, 0.3) is 11.5 Å². The van der Waals surface area contributed by atoms with Crippen molar-refractivity contribution in [1.29, 1.82) is 0 Å². The molecule has 2 N–H and O–H groups in total. The van der Waals surface area contributed by atoms with Crippen molar-refractivity contribution in [2.45, 2.75) is 6.04 Å². The lowest BCUT2D eigenvalue weighted by Gasteiger charge is -2.18. The number of carbonyl (C=O) groups is 1. The van der Waals surface area contributed by atoms with Gasteiger partial charge in [0.05, 0.1) is 18.0 Å². The van der Waals surface area contributed by atoms with E-state index < -0.39 is 17.5 Å². The summed E-state index contributed by atoms with van der Waals surface area (Å²) in [5.74, 6) is -0.369. The number of aromatic nitrogens is 1. The maximum atomic E-state index is 13.3. The summed E-state index contributed by atoms with van der Waals surface area (Å²) in [5, 5.41) is 4.76. The Morgan fingerprint density at radius 3 is 2.54 bits per heavy atom. The molecule has 0 fully saturated rings. The molecule has 0 radical (unpaired) electrons. The number of aromatic amines is 1. The number of rotatable bonds is 5. The Morgan fingerprint density at radius 2 is 1.89 bits per heavy atom. The van der Waals surface area contributed by atoms with Gasteiger partial charge < -0.3 is 14.7 Å². The molecule has 0 aliphatic carbocycles. The van der Waals surface area contributed by atoms with Gasteiger partial charge in [-0.25, -0.2) is 4.39 Å². The highest BCUT2D eigenvalue weighted by atomic mass is 32.1. The van der Waals surface area contributed by atoms with Crippen LogP contribution in [0.3, 0.4) is 0 Å². The Labute approximate surface area is 163 Å². The van der Waals surface area contributed by atoms with Crippen LogP contribution >= 0.6 is 11.3 Å². The fourth-order valence-electron chi connectivity index (χ4n) is 2.87. The van der Waals surface area contributed by atoms with Crippen LogP contribution in [0.25, 0.3) is 11.5 Å². The molecule has 4 rings (SSSR count). The van der Waals surface area contributed by atoms with Gasteiger partial charge in [-0.2, -0.15) is 0 Å². The quantitative estimate of drug-likeness (QED) is 0.528. The van der Waals surface area contributed by atoms with Crippen LogP contribution in [-0.2, 0) is 0 Å². The molecule has 4 aromatic rings. The number of pyridine rings is 1. The number of benzene rings is 1. The summed E-state index contributed by atoms with van der Waals surface area (Å²) in [6.07, 6.45) is 1.50. The number of nitrogens with one attached hydrogen (secondary N) is 2. The molecule has 28 heavy (non-hydrogen) atoms. The average molecular weight is 394 g/mol. The highest BCUT2D eigenvalue weighted by molar-refractivity contribution is 7.10. The van der Waals surface area contributed by atoms with Gasteiger partial charge in [0, 0.05) is 4.88 Å². The molecule has 0 aliphatic heterocycles. The molecule has 1 aromatic carbocycles. The zero-order chi connectivity index (χ0) is 19.5. The van der Waals surface area contributed by atoms with E-state index in [0.717, 1.165) is 10.4 Å². The SMILES string of the molecule is O=C(NC(c1ccc(F)cc1)c1cccs1)c1ccc(-c2ccco2)[nH]c1=O. The molecule has 3 heterocycles. The molecule has 0 spiro atoms. The van der Waals surface area contributed by atoms with Crippen molar-refractivity contribution in [1.82, 2.24) is 10.3 Å². The van der Waals surface area contributed by atoms with Gasteiger partial charge in [-0.15, -0.1) is 11.3 Å². The molecular weight excluding hydrogens is 379 g/mol. The minimum absolute atomic E-state index is 0.0148. The first-order valence-electron chi connectivity index (χ1n) is 8.49. The summed E-state index contributed by atoms with van der Waals surface area (Å²) in [4.78, 5) is 28.7. The van der Waals surface area contributed by atoms with Crippen molar-refractivity contribution >= 4 is 17.2 Å². The topological polar surface area (TPSA) is 75.1 Å². The smallest absolute Gasteiger partial charge is 0.261 e. The van der Waals surface area contributed by atoms with Gasteiger partial charge >= 0.3 is 0 Å². The van der Waals surface area contributed by atoms with Crippen LogP contribution in [0.15, 0.2) is 81.5 Å². The second-order valence-electron chi connectivity index (χ2n) is 6.07. The third kappa shape index (κ3) is 3.65. The molecule has 0 saturated carbocycles. The summed E-state index contributed by atoms with van der Waals surface area (Å²) >= 11 is 1.47. The van der Waals surface area contributed by atoms with Crippen LogP contribution in [0.4, 0.5) is 4.39 Å². The van der Waals surface area contributed by atoms with Gasteiger partial charge in [0.15, 0.2) is 0 Å². The van der Waals surface area contributed by atoms with E-state index in [-0.39, 0.29) is 11.4 Å². The van der Waals surface area contributed by atoms with E-state index >= 15 is 0 Å². The third-order valence-corrected chi connectivity index (χ3v) is 5.18. The number of furan rings is 1. The van der Waals surface area contributed by atoms with Crippen LogP contribution in [0.1, 0.15) is 26.8 Å². The van der Waals surface area contributed by atoms with E-state index in [1.165, 1.54) is 35.8 Å². The second kappa shape index (κ2) is 7.66. The number of carbonyl (C=O) groups excluding carboxylic acids is 1. The van der Waals surface area contributed by atoms with Gasteiger partial charge in [-0.3, -0.25) is 9.59 Å². The summed E-state index contributed by atoms with van der Waals surface area (Å²) < 4.78 is 18.5. The van der Waals surface area contributed by atoms with Gasteiger partial charge in [0.1, 0.15) is 17.1 Å². The van der Waals surface area contributed by atoms with Crippen LogP contribution in [0.2, 0.25) is 0 Å². The molecule has 5 nitrogen and oxygen atoms in total. The largest absolute Gasteiger partial charge is 0.463 e. The number of amides is 1. The zero-order valence-corrected chi connectivity index (χ0v) is 15.3. The van der Waals surface area contributed by atoms with E-state index in [1.807, 2.05) is 17.5 Å². The van der Waals surface area contributed by atoms with Crippen molar-refractivity contribution in [2.24, 2.45) is 0 Å². The van der Waals surface area contributed by atoms with Crippen LogP contribution in [0, 0.1) is 5.82 Å². The van der Waals surface area contributed by atoms with E-state index in [1.54, 1.807) is 30.3 Å². The maximum Gasteiger partial charge on any atom is 0.261 e. The Morgan fingerprint density at radius 1 is 1.07 bits per heavy atom. The van der Waals surface area contributed by atoms with Crippen LogP contribution in [-0.4, -0.2) is 10.9 Å². The average Bonchev–Trinajstić information content (AvgIpc) is 3.41. The number of halogens is 1. The highest BCUT2D eigenvalue weighted by Crippen LogP contribution is 2.26. The zero-order valence-electron chi connectivity index (χ0n) is 14.5. The van der Waals surface area contributed by atoms with E-state index in [4.69, 9.17) is 4.42 Å². The fraction of sp³-hybridized carbons (Fsp3) is 0.0476. The molecule has 0 saturated heterocycles. The lowest BCUT2D eigenvalue weighted by molar-refractivity contribution is 0.0942. The Bertz CT molecular complexity index is 1130. The normalized spacial score (nSPS) is 11.9. The predicted octanol–water partition coefficient (Wildman–Crippen LogP) is 4.35. The molecule has 1 unspecified atom stereocenters. The molecule has 3 aromatic heterocycles. The number of H-pyrrole nitrogens is 1. The van der Waals surface area contributed by atoms with Crippen molar-refractivity contribution in [3.63, 3.8) is 0 Å². The van der Waals surface area contributed by atoms with Crippen molar-refractivity contribution in [3.05, 3.63) is 104 Å². The monoisotopic (exact) mass is 394 g/mol. The summed E-state index contributed by atoms with van der Waals surface area (Å²) in [6.45, 7) is 0. The van der Waals surface area contributed by atoms with Crippen LogP contribution in [0.5, 0.6) is 0 Å². The van der Waals surface area contributed by atoms with Crippen molar-refractivity contribution in [3.8, 4) is 11.5 Å². The number of hydrogen-bond donors (Lipinski definition) is 2. The van der Waals surface area contributed by atoms with Gasteiger partial charge in [0.2, 0.25) is 0 Å². The third-order valence-electron chi connectivity index (χ3n) is 4.25. The number of hydrogen-bond acceptors (Lipinski definition) is 4. The summed E-state index contributed by atoms with van der Waals surface area (Å²) in [6, 6.07) is 15.7. The van der Waals surface area contributed by atoms with Gasteiger partial charge in [-0.1, -0.05) is 18.2 Å². The lowest BCUT2D eigenvalue weighted by Crippen LogP contribution is -2.33. The first kappa shape index (κ1) is 17.9. The molecule has 0 bridgehead atoms. The predicted molar refractivity (Wildman–Crippen MR) is 105 cm³/mol.